The summed E-state index contributed by atoms with van der Waals surface area (Å²) in [4.78, 5) is 39.2. The summed E-state index contributed by atoms with van der Waals surface area (Å²) < 4.78 is 39.3. The molecule has 1 N–H and O–H groups in total. The van der Waals surface area contributed by atoms with Crippen molar-refractivity contribution in [2.45, 2.75) is 45.7 Å². The number of nitrogens with zero attached hydrogens (tertiary/aromatic N) is 5. The fraction of sp³-hybridized carbons (Fsp3) is 0.312. The third kappa shape index (κ3) is 4.41. The minimum absolute atomic E-state index is 0.0439. The third-order valence-corrected chi connectivity index (χ3v) is 8.18. The average molecular weight is 588 g/mol. The maximum atomic E-state index is 16.6. The van der Waals surface area contributed by atoms with Crippen molar-refractivity contribution >= 4 is 22.6 Å². The number of benzene rings is 2. The van der Waals surface area contributed by atoms with Gasteiger partial charge < -0.3 is 19.6 Å². The molecule has 2 aliphatic heterocycles. The standard InChI is InChI=1S/C32H31F2N5O4/c1-6-24(41)37-13-18(5)38-19(14-37)15-43-30-26-22(12-20(27(30)34)25-21(33)8-7-9-23(25)40)39(32(42)36-31(26)38)29-17(4)10-11-35-28(29)16(2)3/h6-12,16,18-19,40H,1,13-15H2,2-5H3. The molecule has 0 radical (unpaired) electrons. The van der Waals surface area contributed by atoms with Crippen LogP contribution in [0.3, 0.4) is 0 Å². The highest BCUT2D eigenvalue weighted by molar-refractivity contribution is 6.00. The fourth-order valence-corrected chi connectivity index (χ4v) is 6.28. The van der Waals surface area contributed by atoms with E-state index in [4.69, 9.17) is 4.74 Å². The van der Waals surface area contributed by atoms with E-state index in [9.17, 15) is 14.7 Å². The summed E-state index contributed by atoms with van der Waals surface area (Å²) in [7, 11) is 0. The van der Waals surface area contributed by atoms with Gasteiger partial charge in [-0.1, -0.05) is 26.5 Å². The lowest BCUT2D eigenvalue weighted by atomic mass is 9.99. The Morgan fingerprint density at radius 3 is 2.70 bits per heavy atom. The molecule has 4 heterocycles. The number of halogens is 2. The Balaban J connectivity index is 1.73. The van der Waals surface area contributed by atoms with Gasteiger partial charge in [-0.05, 0) is 55.7 Å². The number of aromatic nitrogens is 3. The van der Waals surface area contributed by atoms with Crippen molar-refractivity contribution in [2.24, 2.45) is 0 Å². The number of hydrogen-bond donors (Lipinski definition) is 1. The van der Waals surface area contributed by atoms with Crippen LogP contribution >= 0.6 is 0 Å². The van der Waals surface area contributed by atoms with E-state index in [1.807, 2.05) is 32.6 Å². The monoisotopic (exact) mass is 587 g/mol. The van der Waals surface area contributed by atoms with E-state index in [0.29, 0.717) is 17.9 Å². The van der Waals surface area contributed by atoms with Crippen LogP contribution in [0, 0.1) is 18.6 Å². The van der Waals surface area contributed by atoms with Crippen LogP contribution in [0.25, 0.3) is 27.7 Å². The van der Waals surface area contributed by atoms with E-state index in [2.05, 4.69) is 16.5 Å². The van der Waals surface area contributed by atoms with Gasteiger partial charge in [-0.3, -0.25) is 14.3 Å². The van der Waals surface area contributed by atoms with E-state index >= 15 is 8.78 Å². The number of piperazine rings is 1. The van der Waals surface area contributed by atoms with Crippen molar-refractivity contribution in [3.05, 3.63) is 82.6 Å². The Hall–Kier alpha value is -4.80. The molecule has 2 atom stereocenters. The number of pyridine rings is 1. The molecule has 4 aromatic rings. The van der Waals surface area contributed by atoms with E-state index in [0.717, 1.165) is 11.6 Å². The lowest BCUT2D eigenvalue weighted by molar-refractivity contribution is -0.127. The van der Waals surface area contributed by atoms with Crippen LogP contribution in [0.1, 0.15) is 37.9 Å². The fourth-order valence-electron chi connectivity index (χ4n) is 6.28. The summed E-state index contributed by atoms with van der Waals surface area (Å²) in [6, 6.07) is 6.05. The van der Waals surface area contributed by atoms with Crippen LogP contribution in [-0.4, -0.2) is 62.2 Å². The second-order valence-electron chi connectivity index (χ2n) is 11.3. The molecule has 2 aliphatic rings. The van der Waals surface area contributed by atoms with Crippen LogP contribution in [-0.2, 0) is 4.79 Å². The number of ether oxygens (including phenoxy) is 1. The predicted molar refractivity (Wildman–Crippen MR) is 159 cm³/mol. The molecule has 1 amide bonds. The maximum absolute atomic E-state index is 16.6. The normalized spacial score (nSPS) is 17.9. The molecule has 2 aromatic heterocycles. The molecule has 1 saturated heterocycles. The van der Waals surface area contributed by atoms with Crippen molar-refractivity contribution in [2.75, 3.05) is 24.6 Å². The van der Waals surface area contributed by atoms with Crippen LogP contribution in [0.2, 0.25) is 0 Å². The summed E-state index contributed by atoms with van der Waals surface area (Å²) in [6.45, 7) is 11.7. The molecule has 0 spiro atoms. The summed E-state index contributed by atoms with van der Waals surface area (Å²) in [5, 5.41) is 10.9. The van der Waals surface area contributed by atoms with Crippen LogP contribution < -0.4 is 15.3 Å². The number of fused-ring (bicyclic) bond motifs is 2. The van der Waals surface area contributed by atoms with Crippen LogP contribution in [0.5, 0.6) is 11.5 Å². The first-order valence-corrected chi connectivity index (χ1v) is 14.1. The van der Waals surface area contributed by atoms with Gasteiger partial charge in [0, 0.05) is 30.9 Å². The molecule has 2 aromatic carbocycles. The molecule has 0 saturated carbocycles. The molecular weight excluding hydrogens is 556 g/mol. The molecule has 43 heavy (non-hydrogen) atoms. The second kappa shape index (κ2) is 10.5. The minimum atomic E-state index is -0.903. The molecule has 222 valence electrons. The van der Waals surface area contributed by atoms with Crippen molar-refractivity contribution in [1.82, 2.24) is 19.4 Å². The number of amides is 1. The SMILES string of the molecule is C=CC(=O)N1CC(C)N2c3nc(=O)n(-c4c(C)ccnc4C(C)C)c4cc(-c5c(O)cccc5F)c(F)c(c34)OCC2C1. The summed E-state index contributed by atoms with van der Waals surface area (Å²) in [5.74, 6) is -2.55. The van der Waals surface area contributed by atoms with Gasteiger partial charge >= 0.3 is 5.69 Å². The number of anilines is 1. The van der Waals surface area contributed by atoms with Crippen molar-refractivity contribution in [1.29, 1.82) is 0 Å². The van der Waals surface area contributed by atoms with E-state index in [1.165, 1.54) is 28.8 Å². The van der Waals surface area contributed by atoms with Crippen molar-refractivity contribution < 1.29 is 23.4 Å². The average Bonchev–Trinajstić information content (AvgIpc) is 3.13. The zero-order chi connectivity index (χ0) is 30.7. The molecule has 1 fully saturated rings. The number of carbonyl (C=O) groups excluding carboxylic acids is 1. The van der Waals surface area contributed by atoms with Gasteiger partial charge in [-0.25, -0.2) is 13.6 Å². The van der Waals surface area contributed by atoms with Gasteiger partial charge in [0.2, 0.25) is 5.91 Å². The third-order valence-electron chi connectivity index (χ3n) is 8.18. The van der Waals surface area contributed by atoms with Crippen LogP contribution in [0.15, 0.2) is 54.0 Å². The second-order valence-corrected chi connectivity index (χ2v) is 11.3. The molecule has 11 heteroatoms. The first kappa shape index (κ1) is 28.3. The van der Waals surface area contributed by atoms with Gasteiger partial charge in [0.25, 0.3) is 0 Å². The topological polar surface area (TPSA) is 101 Å². The lowest BCUT2D eigenvalue weighted by Gasteiger charge is -2.45. The van der Waals surface area contributed by atoms with E-state index in [1.54, 1.807) is 17.2 Å². The zero-order valence-corrected chi connectivity index (χ0v) is 24.3. The number of carbonyl (C=O) groups is 1. The first-order chi connectivity index (χ1) is 20.5. The Bertz CT molecular complexity index is 1850. The number of aromatic hydroxyl groups is 1. The Morgan fingerprint density at radius 1 is 1.23 bits per heavy atom. The highest BCUT2D eigenvalue weighted by Gasteiger charge is 2.40. The largest absolute Gasteiger partial charge is 0.507 e. The van der Waals surface area contributed by atoms with Gasteiger partial charge in [-0.15, -0.1) is 0 Å². The highest BCUT2D eigenvalue weighted by atomic mass is 19.1. The van der Waals surface area contributed by atoms with E-state index < -0.39 is 29.1 Å². The predicted octanol–water partition coefficient (Wildman–Crippen LogP) is 4.85. The van der Waals surface area contributed by atoms with Gasteiger partial charge in [0.05, 0.1) is 33.9 Å². The van der Waals surface area contributed by atoms with Crippen molar-refractivity contribution in [3.8, 4) is 28.3 Å². The number of rotatable bonds is 4. The maximum Gasteiger partial charge on any atom is 0.354 e. The quantitative estimate of drug-likeness (QED) is 0.341. The summed E-state index contributed by atoms with van der Waals surface area (Å²) in [6.07, 6.45) is 2.90. The number of phenols is 1. The number of phenolic OH excluding ortho intramolecular Hbond substituents is 1. The molecule has 0 aliphatic carbocycles. The Kier molecular flexibility index (Phi) is 6.90. The molecule has 2 unspecified atom stereocenters. The Labute approximate surface area is 246 Å². The first-order valence-electron chi connectivity index (χ1n) is 14.1. The Morgan fingerprint density at radius 2 is 2.00 bits per heavy atom. The molecular formula is C32H31F2N5O4. The highest BCUT2D eigenvalue weighted by Crippen LogP contribution is 2.46. The smallest absolute Gasteiger partial charge is 0.354 e. The van der Waals surface area contributed by atoms with Gasteiger partial charge in [0.1, 0.15) is 24.0 Å². The molecule has 6 rings (SSSR count). The summed E-state index contributed by atoms with van der Waals surface area (Å²) in [5.41, 5.74) is 0.794. The summed E-state index contributed by atoms with van der Waals surface area (Å²) >= 11 is 0. The van der Waals surface area contributed by atoms with E-state index in [-0.39, 0.29) is 64.6 Å². The lowest BCUT2D eigenvalue weighted by Crippen LogP contribution is -2.61. The van der Waals surface area contributed by atoms with Crippen molar-refractivity contribution in [3.63, 3.8) is 0 Å². The minimum Gasteiger partial charge on any atom is -0.507 e. The zero-order valence-electron chi connectivity index (χ0n) is 24.3. The molecule has 0 bridgehead atoms. The molecule has 9 nitrogen and oxygen atoms in total. The van der Waals surface area contributed by atoms with Crippen LogP contribution in [0.4, 0.5) is 14.6 Å². The number of hydrogen-bond acceptors (Lipinski definition) is 7. The number of aryl methyl sites for hydroxylation is 1. The van der Waals surface area contributed by atoms with Gasteiger partial charge in [0.15, 0.2) is 11.6 Å². The van der Waals surface area contributed by atoms with Gasteiger partial charge in [-0.2, -0.15) is 4.98 Å².